The Morgan fingerprint density at radius 2 is 2.31 bits per heavy atom. The molecule has 0 aliphatic heterocycles. The Bertz CT molecular complexity index is 370. The van der Waals surface area contributed by atoms with Crippen molar-refractivity contribution in [1.29, 1.82) is 0 Å². The third-order valence-corrected chi connectivity index (χ3v) is 4.67. The monoisotopic (exact) mass is 299 g/mol. The molecule has 2 rings (SSSR count). The van der Waals surface area contributed by atoms with Gasteiger partial charge in [0.2, 0.25) is 0 Å². The molecule has 0 saturated carbocycles. The molecule has 3 heteroatoms. The largest absolute Gasteiger partial charge is 0.306 e. The van der Waals surface area contributed by atoms with Crippen LogP contribution in [0.4, 0.5) is 0 Å². The Kier molecular flexibility index (Phi) is 4.62. The predicted octanol–water partition coefficient (Wildman–Crippen LogP) is 4.66. The number of halogens is 1. The fourth-order valence-electron chi connectivity index (χ4n) is 2.23. The van der Waals surface area contributed by atoms with Crippen LogP contribution in [0.25, 0.3) is 0 Å². The zero-order valence-electron chi connectivity index (χ0n) is 9.63. The smallest absolute Gasteiger partial charge is 0.0702 e. The fraction of sp³-hybridized carbons (Fsp3) is 0.538. The molecule has 1 nitrogen and oxygen atoms in total. The van der Waals surface area contributed by atoms with Crippen LogP contribution in [-0.4, -0.2) is 6.54 Å². The van der Waals surface area contributed by atoms with E-state index in [9.17, 15) is 0 Å². The van der Waals surface area contributed by atoms with Gasteiger partial charge in [0.05, 0.1) is 9.83 Å². The van der Waals surface area contributed by atoms with Crippen LogP contribution in [0.3, 0.4) is 0 Å². The number of rotatable bonds is 4. The maximum atomic E-state index is 3.60. The van der Waals surface area contributed by atoms with E-state index >= 15 is 0 Å². The molecule has 0 bridgehead atoms. The van der Waals surface area contributed by atoms with Gasteiger partial charge in [-0.2, -0.15) is 0 Å². The molecule has 1 atom stereocenters. The topological polar surface area (TPSA) is 12.0 Å². The Balaban J connectivity index is 2.19. The number of nitrogens with one attached hydrogen (secondary N) is 1. The Morgan fingerprint density at radius 3 is 2.88 bits per heavy atom. The van der Waals surface area contributed by atoms with Gasteiger partial charge in [0, 0.05) is 4.88 Å². The Hall–Kier alpha value is -0.120. The van der Waals surface area contributed by atoms with Crippen molar-refractivity contribution in [1.82, 2.24) is 5.32 Å². The van der Waals surface area contributed by atoms with Crippen LogP contribution in [0.5, 0.6) is 0 Å². The molecule has 1 N–H and O–H groups in total. The van der Waals surface area contributed by atoms with E-state index in [-0.39, 0.29) is 0 Å². The van der Waals surface area contributed by atoms with Crippen molar-refractivity contribution >= 4 is 27.3 Å². The molecular formula is C13H18BrNS. The summed E-state index contributed by atoms with van der Waals surface area (Å²) in [5.74, 6) is 0. The Morgan fingerprint density at radius 1 is 1.44 bits per heavy atom. The first-order chi connectivity index (χ1) is 7.81. The minimum absolute atomic E-state index is 0.446. The van der Waals surface area contributed by atoms with Crippen molar-refractivity contribution in [2.45, 2.75) is 38.6 Å². The van der Waals surface area contributed by atoms with Crippen molar-refractivity contribution in [2.24, 2.45) is 0 Å². The molecule has 1 aliphatic rings. The van der Waals surface area contributed by atoms with Crippen LogP contribution in [0.15, 0.2) is 27.6 Å². The second-order valence-electron chi connectivity index (χ2n) is 4.16. The lowest BCUT2D eigenvalue weighted by molar-refractivity contribution is 0.570. The van der Waals surface area contributed by atoms with E-state index in [1.54, 1.807) is 5.57 Å². The average Bonchev–Trinajstić information content (AvgIpc) is 2.74. The van der Waals surface area contributed by atoms with Crippen molar-refractivity contribution < 1.29 is 0 Å². The van der Waals surface area contributed by atoms with E-state index in [0.717, 1.165) is 6.54 Å². The number of allylic oxidation sites excluding steroid dienone is 1. The van der Waals surface area contributed by atoms with Crippen molar-refractivity contribution in [2.75, 3.05) is 6.54 Å². The SMILES string of the molecule is CCNC(C1=CCCCC1)c1ccc(Br)s1. The minimum Gasteiger partial charge on any atom is -0.306 e. The number of likely N-dealkylation sites (N-methyl/N-ethyl adjacent to an activating group) is 1. The molecule has 0 aromatic carbocycles. The molecule has 0 saturated heterocycles. The molecule has 16 heavy (non-hydrogen) atoms. The molecule has 1 heterocycles. The molecular weight excluding hydrogens is 282 g/mol. The first kappa shape index (κ1) is 12.3. The van der Waals surface area contributed by atoms with Gasteiger partial charge < -0.3 is 5.32 Å². The van der Waals surface area contributed by atoms with Crippen molar-refractivity contribution in [3.63, 3.8) is 0 Å². The van der Waals surface area contributed by atoms with E-state index in [0.29, 0.717) is 6.04 Å². The molecule has 1 unspecified atom stereocenters. The van der Waals surface area contributed by atoms with E-state index in [4.69, 9.17) is 0 Å². The number of thiophene rings is 1. The summed E-state index contributed by atoms with van der Waals surface area (Å²) in [5, 5.41) is 3.60. The van der Waals surface area contributed by atoms with Crippen LogP contribution in [0.1, 0.15) is 43.5 Å². The minimum atomic E-state index is 0.446. The zero-order valence-corrected chi connectivity index (χ0v) is 12.0. The lowest BCUT2D eigenvalue weighted by atomic mass is 9.93. The standard InChI is InChI=1S/C13H18BrNS/c1-2-15-13(10-6-4-3-5-7-10)11-8-9-12(14)16-11/h6,8-9,13,15H,2-5,7H2,1H3. The van der Waals surface area contributed by atoms with E-state index in [2.05, 4.69) is 46.4 Å². The zero-order chi connectivity index (χ0) is 11.4. The average molecular weight is 300 g/mol. The summed E-state index contributed by atoms with van der Waals surface area (Å²) in [7, 11) is 0. The highest BCUT2D eigenvalue weighted by Gasteiger charge is 2.18. The van der Waals surface area contributed by atoms with Crippen LogP contribution in [-0.2, 0) is 0 Å². The summed E-state index contributed by atoms with van der Waals surface area (Å²) in [4.78, 5) is 1.43. The van der Waals surface area contributed by atoms with Gasteiger partial charge in [-0.1, -0.05) is 18.6 Å². The van der Waals surface area contributed by atoms with Gasteiger partial charge in [-0.15, -0.1) is 11.3 Å². The summed E-state index contributed by atoms with van der Waals surface area (Å²) in [6.45, 7) is 3.20. The van der Waals surface area contributed by atoms with Crippen molar-refractivity contribution in [3.8, 4) is 0 Å². The number of hydrogen-bond donors (Lipinski definition) is 1. The summed E-state index contributed by atoms with van der Waals surface area (Å²) in [5.41, 5.74) is 1.59. The van der Waals surface area contributed by atoms with Crippen LogP contribution >= 0.6 is 27.3 Å². The molecule has 0 spiro atoms. The Labute approximate surface area is 110 Å². The molecule has 0 radical (unpaired) electrons. The first-order valence-electron chi connectivity index (χ1n) is 5.99. The first-order valence-corrected chi connectivity index (χ1v) is 7.59. The van der Waals surface area contributed by atoms with Crippen LogP contribution in [0, 0.1) is 0 Å². The lowest BCUT2D eigenvalue weighted by Gasteiger charge is -2.23. The van der Waals surface area contributed by atoms with Gasteiger partial charge >= 0.3 is 0 Å². The maximum Gasteiger partial charge on any atom is 0.0702 e. The quantitative estimate of drug-likeness (QED) is 0.797. The van der Waals surface area contributed by atoms with E-state index in [1.807, 2.05) is 11.3 Å². The third-order valence-electron chi connectivity index (χ3n) is 2.98. The molecule has 88 valence electrons. The molecule has 0 amide bonds. The van der Waals surface area contributed by atoms with Gasteiger partial charge in [-0.25, -0.2) is 0 Å². The van der Waals surface area contributed by atoms with Gasteiger partial charge in [-0.3, -0.25) is 0 Å². The summed E-state index contributed by atoms with van der Waals surface area (Å²) >= 11 is 5.39. The predicted molar refractivity (Wildman–Crippen MR) is 75.0 cm³/mol. The second-order valence-corrected chi connectivity index (χ2v) is 6.65. The van der Waals surface area contributed by atoms with Gasteiger partial charge in [0.15, 0.2) is 0 Å². The summed E-state index contributed by atoms with van der Waals surface area (Å²) < 4.78 is 1.22. The molecule has 0 fully saturated rings. The van der Waals surface area contributed by atoms with Gasteiger partial charge in [0.1, 0.15) is 0 Å². The summed E-state index contributed by atoms with van der Waals surface area (Å²) in [6.07, 6.45) is 7.65. The third kappa shape index (κ3) is 2.96. The highest BCUT2D eigenvalue weighted by atomic mass is 79.9. The van der Waals surface area contributed by atoms with Crippen LogP contribution in [0.2, 0.25) is 0 Å². The summed E-state index contributed by atoms with van der Waals surface area (Å²) in [6, 6.07) is 4.83. The highest BCUT2D eigenvalue weighted by molar-refractivity contribution is 9.11. The molecule has 1 aromatic heterocycles. The fourth-order valence-corrected chi connectivity index (χ4v) is 3.77. The van der Waals surface area contributed by atoms with Crippen LogP contribution < -0.4 is 5.32 Å². The second kappa shape index (κ2) is 5.99. The lowest BCUT2D eigenvalue weighted by Crippen LogP contribution is -2.22. The molecule has 1 aliphatic carbocycles. The normalized spacial score (nSPS) is 18.2. The highest BCUT2D eigenvalue weighted by Crippen LogP contribution is 2.35. The maximum absolute atomic E-state index is 3.60. The van der Waals surface area contributed by atoms with Gasteiger partial charge in [-0.05, 0) is 60.3 Å². The molecule has 1 aromatic rings. The number of hydrogen-bond acceptors (Lipinski definition) is 2. The van der Waals surface area contributed by atoms with E-state index < -0.39 is 0 Å². The van der Waals surface area contributed by atoms with Gasteiger partial charge in [0.25, 0.3) is 0 Å². The van der Waals surface area contributed by atoms with Crippen molar-refractivity contribution in [3.05, 3.63) is 32.4 Å². The van der Waals surface area contributed by atoms with E-state index in [1.165, 1.54) is 34.3 Å².